The molecule has 1 amide bonds. The van der Waals surface area contributed by atoms with E-state index < -0.39 is 0 Å². The van der Waals surface area contributed by atoms with E-state index in [1.807, 2.05) is 19.4 Å². The summed E-state index contributed by atoms with van der Waals surface area (Å²) in [5.74, 6) is 0.427. The largest absolute Gasteiger partial charge is 0.373 e. The molecular formula is C20H27N3O2. The van der Waals surface area contributed by atoms with E-state index in [2.05, 4.69) is 41.6 Å². The molecule has 25 heavy (non-hydrogen) atoms. The summed E-state index contributed by atoms with van der Waals surface area (Å²) in [6.45, 7) is 3.56. The monoisotopic (exact) mass is 341 g/mol. The van der Waals surface area contributed by atoms with Gasteiger partial charge in [-0.05, 0) is 37.3 Å². The molecule has 0 unspecified atom stereocenters. The zero-order valence-corrected chi connectivity index (χ0v) is 15.1. The number of hydrogen-bond acceptors (Lipinski definition) is 3. The zero-order chi connectivity index (χ0) is 17.6. The summed E-state index contributed by atoms with van der Waals surface area (Å²) in [4.78, 5) is 12.2. The molecule has 0 bridgehead atoms. The first kappa shape index (κ1) is 17.7. The summed E-state index contributed by atoms with van der Waals surface area (Å²) >= 11 is 0. The van der Waals surface area contributed by atoms with Crippen LogP contribution in [0.5, 0.6) is 0 Å². The summed E-state index contributed by atoms with van der Waals surface area (Å²) < 4.78 is 7.78. The van der Waals surface area contributed by atoms with Crippen LogP contribution in [0, 0.1) is 12.8 Å². The molecule has 5 heteroatoms. The second kappa shape index (κ2) is 8.30. The fourth-order valence-electron chi connectivity index (χ4n) is 3.37. The molecule has 1 saturated heterocycles. The van der Waals surface area contributed by atoms with E-state index in [-0.39, 0.29) is 12.0 Å². The second-order valence-electron chi connectivity index (χ2n) is 6.93. The van der Waals surface area contributed by atoms with Gasteiger partial charge in [-0.3, -0.25) is 9.48 Å². The van der Waals surface area contributed by atoms with Crippen LogP contribution in [-0.2, 0) is 23.0 Å². The van der Waals surface area contributed by atoms with Crippen molar-refractivity contribution in [2.24, 2.45) is 13.0 Å². The Morgan fingerprint density at radius 2 is 2.16 bits per heavy atom. The van der Waals surface area contributed by atoms with Crippen LogP contribution in [0.1, 0.15) is 42.1 Å². The Bertz CT molecular complexity index is 693. The van der Waals surface area contributed by atoms with Crippen molar-refractivity contribution in [2.45, 2.75) is 38.7 Å². The van der Waals surface area contributed by atoms with Crippen molar-refractivity contribution in [3.8, 4) is 0 Å². The maximum absolute atomic E-state index is 12.2. The fourth-order valence-corrected chi connectivity index (χ4v) is 3.37. The lowest BCUT2D eigenvalue weighted by molar-refractivity contribution is -0.121. The number of carbonyl (C=O) groups excluding carboxylic acids is 1. The SMILES string of the molecule is Cc1ccc([C@H]2OCCC[C@@H]2CNC(=O)CCc2cnn(C)c2)cc1. The lowest BCUT2D eigenvalue weighted by Gasteiger charge is -2.32. The smallest absolute Gasteiger partial charge is 0.220 e. The number of aryl methyl sites for hydroxylation is 3. The Hall–Kier alpha value is -2.14. The number of ether oxygens (including phenoxy) is 1. The Morgan fingerprint density at radius 1 is 1.36 bits per heavy atom. The van der Waals surface area contributed by atoms with Crippen molar-refractivity contribution in [2.75, 3.05) is 13.2 Å². The molecule has 0 saturated carbocycles. The van der Waals surface area contributed by atoms with E-state index in [1.54, 1.807) is 4.68 Å². The minimum absolute atomic E-state index is 0.0768. The van der Waals surface area contributed by atoms with Gasteiger partial charge in [-0.25, -0.2) is 0 Å². The minimum atomic E-state index is 0.0768. The molecule has 0 radical (unpaired) electrons. The fraction of sp³-hybridized carbons (Fsp3) is 0.500. The molecule has 2 heterocycles. The highest BCUT2D eigenvalue weighted by molar-refractivity contribution is 5.76. The Morgan fingerprint density at radius 3 is 2.88 bits per heavy atom. The molecule has 3 rings (SSSR count). The second-order valence-corrected chi connectivity index (χ2v) is 6.93. The number of hydrogen-bond donors (Lipinski definition) is 1. The molecule has 0 aliphatic carbocycles. The van der Waals surface area contributed by atoms with Gasteiger partial charge in [0.1, 0.15) is 0 Å². The Labute approximate surface area is 149 Å². The van der Waals surface area contributed by atoms with Crippen molar-refractivity contribution >= 4 is 5.91 Å². The predicted octanol–water partition coefficient (Wildman–Crippen LogP) is 2.95. The number of aromatic nitrogens is 2. The maximum atomic E-state index is 12.2. The summed E-state index contributed by atoms with van der Waals surface area (Å²) in [5, 5.41) is 7.23. The number of nitrogens with one attached hydrogen (secondary N) is 1. The maximum Gasteiger partial charge on any atom is 0.220 e. The number of nitrogens with zero attached hydrogens (tertiary/aromatic N) is 2. The third kappa shape index (κ3) is 4.92. The standard InChI is InChI=1S/C20H27N3O2/c1-15-5-8-17(9-6-15)20-18(4-3-11-25-20)13-21-19(24)10-7-16-12-22-23(2)14-16/h5-6,8-9,12,14,18,20H,3-4,7,10-11,13H2,1-2H3,(H,21,24)/t18-,20-/m1/s1. The number of carbonyl (C=O) groups is 1. The van der Waals surface area contributed by atoms with E-state index in [9.17, 15) is 4.79 Å². The minimum Gasteiger partial charge on any atom is -0.373 e. The van der Waals surface area contributed by atoms with Gasteiger partial charge in [0.25, 0.3) is 0 Å². The molecule has 1 aromatic heterocycles. The van der Waals surface area contributed by atoms with Gasteiger partial charge < -0.3 is 10.1 Å². The van der Waals surface area contributed by atoms with Gasteiger partial charge >= 0.3 is 0 Å². The normalized spacial score (nSPS) is 20.4. The lowest BCUT2D eigenvalue weighted by atomic mass is 9.89. The molecule has 2 atom stereocenters. The van der Waals surface area contributed by atoms with Gasteiger partial charge in [0, 0.05) is 38.7 Å². The van der Waals surface area contributed by atoms with E-state index >= 15 is 0 Å². The number of benzene rings is 1. The van der Waals surface area contributed by atoms with Crippen LogP contribution < -0.4 is 5.32 Å². The molecule has 1 aromatic carbocycles. The van der Waals surface area contributed by atoms with E-state index in [0.29, 0.717) is 18.9 Å². The molecular weight excluding hydrogens is 314 g/mol. The van der Waals surface area contributed by atoms with Gasteiger partial charge in [-0.15, -0.1) is 0 Å². The summed E-state index contributed by atoms with van der Waals surface area (Å²) in [5.41, 5.74) is 3.55. The van der Waals surface area contributed by atoms with Crippen LogP contribution in [0.3, 0.4) is 0 Å². The first-order valence-electron chi connectivity index (χ1n) is 9.04. The van der Waals surface area contributed by atoms with E-state index in [1.165, 1.54) is 11.1 Å². The molecule has 5 nitrogen and oxygen atoms in total. The molecule has 134 valence electrons. The zero-order valence-electron chi connectivity index (χ0n) is 15.1. The third-order valence-corrected chi connectivity index (χ3v) is 4.81. The topological polar surface area (TPSA) is 56.1 Å². The van der Waals surface area contributed by atoms with Crippen LogP contribution in [0.15, 0.2) is 36.7 Å². The van der Waals surface area contributed by atoms with Crippen LogP contribution >= 0.6 is 0 Å². The first-order chi connectivity index (χ1) is 12.1. The van der Waals surface area contributed by atoms with E-state index in [0.717, 1.165) is 31.4 Å². The first-order valence-corrected chi connectivity index (χ1v) is 9.04. The quantitative estimate of drug-likeness (QED) is 0.879. The van der Waals surface area contributed by atoms with Crippen LogP contribution in [0.25, 0.3) is 0 Å². The van der Waals surface area contributed by atoms with Crippen molar-refractivity contribution in [3.63, 3.8) is 0 Å². The van der Waals surface area contributed by atoms with Crippen LogP contribution in [0.2, 0.25) is 0 Å². The molecule has 0 spiro atoms. The molecule has 1 aliphatic heterocycles. The summed E-state index contributed by atoms with van der Waals surface area (Å²) in [7, 11) is 1.89. The highest BCUT2D eigenvalue weighted by atomic mass is 16.5. The number of rotatable bonds is 6. The summed E-state index contributed by atoms with van der Waals surface area (Å²) in [6.07, 6.45) is 7.20. The predicted molar refractivity (Wildman–Crippen MR) is 97.1 cm³/mol. The average molecular weight is 341 g/mol. The molecule has 1 fully saturated rings. The molecule has 2 aromatic rings. The third-order valence-electron chi connectivity index (χ3n) is 4.81. The lowest BCUT2D eigenvalue weighted by Crippen LogP contribution is -2.35. The van der Waals surface area contributed by atoms with Crippen LogP contribution in [0.4, 0.5) is 0 Å². The van der Waals surface area contributed by atoms with Crippen molar-refractivity contribution < 1.29 is 9.53 Å². The average Bonchev–Trinajstić information content (AvgIpc) is 3.04. The Balaban J connectivity index is 1.51. The van der Waals surface area contributed by atoms with Gasteiger partial charge in [-0.1, -0.05) is 29.8 Å². The van der Waals surface area contributed by atoms with Crippen molar-refractivity contribution in [3.05, 3.63) is 53.3 Å². The highest BCUT2D eigenvalue weighted by Crippen LogP contribution is 2.33. The van der Waals surface area contributed by atoms with Gasteiger partial charge in [-0.2, -0.15) is 5.10 Å². The van der Waals surface area contributed by atoms with E-state index in [4.69, 9.17) is 4.74 Å². The highest BCUT2D eigenvalue weighted by Gasteiger charge is 2.27. The molecule has 1 N–H and O–H groups in total. The Kier molecular flexibility index (Phi) is 5.87. The molecule has 1 aliphatic rings. The van der Waals surface area contributed by atoms with Gasteiger partial charge in [0.2, 0.25) is 5.91 Å². The van der Waals surface area contributed by atoms with Gasteiger partial charge in [0.05, 0.1) is 12.3 Å². The van der Waals surface area contributed by atoms with Crippen molar-refractivity contribution in [1.29, 1.82) is 0 Å². The summed E-state index contributed by atoms with van der Waals surface area (Å²) in [6, 6.07) is 8.53. The van der Waals surface area contributed by atoms with Gasteiger partial charge in [0.15, 0.2) is 0 Å². The number of amides is 1. The van der Waals surface area contributed by atoms with Crippen LogP contribution in [-0.4, -0.2) is 28.8 Å². The van der Waals surface area contributed by atoms with Crippen molar-refractivity contribution in [1.82, 2.24) is 15.1 Å².